The third-order valence-corrected chi connectivity index (χ3v) is 2.59. The van der Waals surface area contributed by atoms with Gasteiger partial charge in [-0.25, -0.2) is 4.98 Å². The molecule has 0 aliphatic heterocycles. The number of aliphatic hydroxyl groups excluding tert-OH is 1. The van der Waals surface area contributed by atoms with Crippen LogP contribution < -0.4 is 4.74 Å². The van der Waals surface area contributed by atoms with Crippen LogP contribution in [0.15, 0.2) is 22.9 Å². The molecule has 0 saturated heterocycles. The van der Waals surface area contributed by atoms with Gasteiger partial charge in [0.05, 0.1) is 25.6 Å². The fourth-order valence-electron chi connectivity index (χ4n) is 1.38. The number of rotatable bonds is 2. The van der Waals surface area contributed by atoms with E-state index in [0.717, 1.165) is 10.3 Å². The number of hydrogen-bond acceptors (Lipinski definition) is 3. The lowest BCUT2D eigenvalue weighted by molar-refractivity contribution is 0.274. The van der Waals surface area contributed by atoms with E-state index in [1.807, 2.05) is 0 Å². The van der Waals surface area contributed by atoms with Gasteiger partial charge < -0.3 is 9.84 Å². The van der Waals surface area contributed by atoms with Gasteiger partial charge in [0.1, 0.15) is 4.60 Å². The maximum atomic E-state index is 9.13. The molecule has 0 aromatic carbocycles. The molecule has 2 aromatic heterocycles. The predicted octanol–water partition coefficient (Wildman–Crippen LogP) is 1.60. The first-order chi connectivity index (χ1) is 6.77. The molecule has 0 spiro atoms. The monoisotopic (exact) mass is 256 g/mol. The molecule has 0 amide bonds. The summed E-state index contributed by atoms with van der Waals surface area (Å²) in [5, 5.41) is 9.13. The molecule has 0 unspecified atom stereocenters. The lowest BCUT2D eigenvalue weighted by Crippen LogP contribution is -1.98. The zero-order valence-electron chi connectivity index (χ0n) is 7.57. The van der Waals surface area contributed by atoms with Crippen molar-refractivity contribution in [1.29, 1.82) is 0 Å². The Bertz CT molecular complexity index is 467. The summed E-state index contributed by atoms with van der Waals surface area (Å²) in [5.41, 5.74) is 1.47. The number of methoxy groups -OCH3 is 1. The van der Waals surface area contributed by atoms with Crippen molar-refractivity contribution in [2.45, 2.75) is 6.61 Å². The molecule has 0 aliphatic carbocycles. The minimum Gasteiger partial charge on any atom is -0.493 e. The van der Waals surface area contributed by atoms with E-state index in [-0.39, 0.29) is 6.61 Å². The molecule has 0 saturated carbocycles. The maximum absolute atomic E-state index is 9.13. The van der Waals surface area contributed by atoms with Crippen molar-refractivity contribution in [3.05, 3.63) is 28.6 Å². The van der Waals surface area contributed by atoms with Crippen LogP contribution in [0.25, 0.3) is 5.65 Å². The number of hydrogen-bond donors (Lipinski definition) is 1. The van der Waals surface area contributed by atoms with Gasteiger partial charge in [0.2, 0.25) is 0 Å². The predicted molar refractivity (Wildman–Crippen MR) is 55.4 cm³/mol. The summed E-state index contributed by atoms with van der Waals surface area (Å²) in [6.07, 6.45) is 1.68. The molecule has 2 aromatic rings. The highest BCUT2D eigenvalue weighted by Crippen LogP contribution is 2.24. The van der Waals surface area contributed by atoms with Gasteiger partial charge in [-0.3, -0.25) is 4.40 Å². The second kappa shape index (κ2) is 3.59. The molecule has 0 radical (unpaired) electrons. The second-order valence-corrected chi connectivity index (χ2v) is 3.60. The molecule has 0 bridgehead atoms. The van der Waals surface area contributed by atoms with E-state index in [0.29, 0.717) is 11.4 Å². The lowest BCUT2D eigenvalue weighted by Gasteiger charge is -2.06. The van der Waals surface area contributed by atoms with Crippen LogP contribution in [0.1, 0.15) is 5.69 Å². The van der Waals surface area contributed by atoms with Crippen molar-refractivity contribution in [3.63, 3.8) is 0 Å². The Morgan fingerprint density at radius 1 is 1.57 bits per heavy atom. The summed E-state index contributed by atoms with van der Waals surface area (Å²) < 4.78 is 7.76. The molecule has 5 heteroatoms. The van der Waals surface area contributed by atoms with Gasteiger partial charge in [0.15, 0.2) is 11.4 Å². The third kappa shape index (κ3) is 1.29. The van der Waals surface area contributed by atoms with Gasteiger partial charge in [0, 0.05) is 0 Å². The van der Waals surface area contributed by atoms with Gasteiger partial charge in [-0.2, -0.15) is 0 Å². The number of pyridine rings is 1. The second-order valence-electron chi connectivity index (χ2n) is 2.79. The smallest absolute Gasteiger partial charge is 0.180 e. The Labute approximate surface area is 89.3 Å². The summed E-state index contributed by atoms with van der Waals surface area (Å²) in [4.78, 5) is 4.18. The fraction of sp³-hybridized carbons (Fsp3) is 0.222. The number of fused-ring (bicyclic) bond motifs is 1. The molecule has 2 rings (SSSR count). The van der Waals surface area contributed by atoms with Crippen LogP contribution in [-0.4, -0.2) is 21.6 Å². The number of imidazole rings is 1. The first kappa shape index (κ1) is 9.48. The molecule has 74 valence electrons. The first-order valence-corrected chi connectivity index (χ1v) is 4.87. The molecule has 0 aliphatic rings. The summed E-state index contributed by atoms with van der Waals surface area (Å²) >= 11 is 3.36. The Hall–Kier alpha value is -1.07. The highest BCUT2D eigenvalue weighted by Gasteiger charge is 2.09. The van der Waals surface area contributed by atoms with Gasteiger partial charge in [0.25, 0.3) is 0 Å². The Morgan fingerprint density at radius 2 is 2.36 bits per heavy atom. The average molecular weight is 257 g/mol. The van der Waals surface area contributed by atoms with Crippen LogP contribution in [0.4, 0.5) is 0 Å². The van der Waals surface area contributed by atoms with Crippen LogP contribution in [0.3, 0.4) is 0 Å². The minimum atomic E-state index is -0.0323. The largest absolute Gasteiger partial charge is 0.493 e. The molecule has 0 fully saturated rings. The quantitative estimate of drug-likeness (QED) is 0.888. The molecule has 14 heavy (non-hydrogen) atoms. The zero-order valence-corrected chi connectivity index (χ0v) is 9.15. The van der Waals surface area contributed by atoms with E-state index in [1.54, 1.807) is 29.8 Å². The van der Waals surface area contributed by atoms with Crippen molar-refractivity contribution in [2.75, 3.05) is 7.11 Å². The molecule has 4 nitrogen and oxygen atoms in total. The average Bonchev–Trinajstić information content (AvgIpc) is 2.60. The Balaban J connectivity index is 2.81. The van der Waals surface area contributed by atoms with Gasteiger partial charge in [-0.05, 0) is 28.1 Å². The van der Waals surface area contributed by atoms with Crippen molar-refractivity contribution in [1.82, 2.24) is 9.38 Å². The molecular formula is C9H9BrN2O2. The number of aliphatic hydroxyl groups is 1. The first-order valence-electron chi connectivity index (χ1n) is 4.07. The van der Waals surface area contributed by atoms with Crippen LogP contribution in [-0.2, 0) is 6.61 Å². The lowest BCUT2D eigenvalue weighted by atomic mass is 10.3. The third-order valence-electron chi connectivity index (χ3n) is 2.04. The van der Waals surface area contributed by atoms with E-state index in [9.17, 15) is 0 Å². The standard InChI is InChI=1S/C9H9BrN2O2/c1-14-7-3-2-6(5-13)12-8(10)4-11-9(7)12/h2-4,13H,5H2,1H3. The summed E-state index contributed by atoms with van der Waals surface area (Å²) in [7, 11) is 1.59. The summed E-state index contributed by atoms with van der Waals surface area (Å²) in [5.74, 6) is 0.688. The van der Waals surface area contributed by atoms with E-state index in [1.165, 1.54) is 0 Å². The van der Waals surface area contributed by atoms with Crippen LogP contribution in [0.5, 0.6) is 5.75 Å². The molecule has 1 N–H and O–H groups in total. The highest BCUT2D eigenvalue weighted by atomic mass is 79.9. The van der Waals surface area contributed by atoms with Gasteiger partial charge in [-0.1, -0.05) is 0 Å². The van der Waals surface area contributed by atoms with Gasteiger partial charge >= 0.3 is 0 Å². The molecule has 0 atom stereocenters. The number of ether oxygens (including phenoxy) is 1. The normalized spacial score (nSPS) is 10.8. The molecular weight excluding hydrogens is 248 g/mol. The maximum Gasteiger partial charge on any atom is 0.180 e. The van der Waals surface area contributed by atoms with Crippen LogP contribution in [0, 0.1) is 0 Å². The van der Waals surface area contributed by atoms with Crippen LogP contribution >= 0.6 is 15.9 Å². The zero-order chi connectivity index (χ0) is 10.1. The van der Waals surface area contributed by atoms with Crippen LogP contribution in [0.2, 0.25) is 0 Å². The van der Waals surface area contributed by atoms with Crippen molar-refractivity contribution >= 4 is 21.6 Å². The SMILES string of the molecule is COc1ccc(CO)n2c(Br)cnc12. The topological polar surface area (TPSA) is 46.8 Å². The van der Waals surface area contributed by atoms with Crippen molar-refractivity contribution in [3.8, 4) is 5.75 Å². The number of nitrogens with zero attached hydrogens (tertiary/aromatic N) is 2. The van der Waals surface area contributed by atoms with E-state index in [2.05, 4.69) is 20.9 Å². The fourth-order valence-corrected chi connectivity index (χ4v) is 1.88. The Morgan fingerprint density at radius 3 is 3.00 bits per heavy atom. The van der Waals surface area contributed by atoms with E-state index < -0.39 is 0 Å². The van der Waals surface area contributed by atoms with Crippen molar-refractivity contribution in [2.24, 2.45) is 0 Å². The Kier molecular flexibility index (Phi) is 2.43. The van der Waals surface area contributed by atoms with E-state index >= 15 is 0 Å². The minimum absolute atomic E-state index is 0.0323. The molecule has 2 heterocycles. The van der Waals surface area contributed by atoms with Gasteiger partial charge in [-0.15, -0.1) is 0 Å². The summed E-state index contributed by atoms with van der Waals surface area (Å²) in [6, 6.07) is 3.60. The number of aromatic nitrogens is 2. The summed E-state index contributed by atoms with van der Waals surface area (Å²) in [6.45, 7) is -0.0323. The highest BCUT2D eigenvalue weighted by molar-refractivity contribution is 9.10. The van der Waals surface area contributed by atoms with E-state index in [4.69, 9.17) is 9.84 Å². The van der Waals surface area contributed by atoms with Crippen molar-refractivity contribution < 1.29 is 9.84 Å². The number of halogens is 1.